The van der Waals surface area contributed by atoms with Gasteiger partial charge in [-0.1, -0.05) is 0 Å². The number of hydrogen-bond donors (Lipinski definition) is 2. The van der Waals surface area contributed by atoms with Crippen molar-refractivity contribution in [1.29, 1.82) is 0 Å². The van der Waals surface area contributed by atoms with Crippen LogP contribution >= 0.6 is 0 Å². The molecule has 1 aliphatic rings. The van der Waals surface area contributed by atoms with E-state index in [0.29, 0.717) is 12.8 Å². The molecule has 1 amide bonds. The highest BCUT2D eigenvalue weighted by Gasteiger charge is 2.24. The molecule has 0 saturated heterocycles. The van der Waals surface area contributed by atoms with Crippen molar-refractivity contribution >= 4 is 23.3 Å². The van der Waals surface area contributed by atoms with Crippen molar-refractivity contribution in [2.75, 3.05) is 12.4 Å². The number of imidazole rings is 1. The highest BCUT2D eigenvalue weighted by atomic mass is 19.1. The summed E-state index contributed by atoms with van der Waals surface area (Å²) in [4.78, 5) is 28.4. The lowest BCUT2D eigenvalue weighted by Gasteiger charge is -2.23. The molecule has 0 radical (unpaired) electrons. The summed E-state index contributed by atoms with van der Waals surface area (Å²) in [5.41, 5.74) is 3.48. The van der Waals surface area contributed by atoms with E-state index >= 15 is 0 Å². The molecule has 1 atom stereocenters. The van der Waals surface area contributed by atoms with Crippen LogP contribution in [-0.4, -0.2) is 34.2 Å². The van der Waals surface area contributed by atoms with Crippen molar-refractivity contribution in [1.82, 2.24) is 15.0 Å². The van der Waals surface area contributed by atoms with Crippen molar-refractivity contribution < 1.29 is 18.7 Å². The number of methoxy groups -OCH3 is 1. The van der Waals surface area contributed by atoms with Crippen molar-refractivity contribution in [2.24, 2.45) is 5.10 Å². The average Bonchev–Trinajstić information content (AvgIpc) is 3.20. The van der Waals surface area contributed by atoms with E-state index in [1.54, 1.807) is 18.7 Å². The number of anilines is 1. The van der Waals surface area contributed by atoms with Crippen molar-refractivity contribution in [3.05, 3.63) is 47.8 Å². The van der Waals surface area contributed by atoms with Gasteiger partial charge in [-0.2, -0.15) is 5.10 Å². The second-order valence-electron chi connectivity index (χ2n) is 5.79. The molecule has 0 aliphatic carbocycles. The Bertz CT molecular complexity index is 864. The summed E-state index contributed by atoms with van der Waals surface area (Å²) in [6, 6.07) is 2.44. The smallest absolute Gasteiger partial charge is 0.339 e. The molecule has 9 heteroatoms. The Morgan fingerprint density at radius 3 is 2.85 bits per heavy atom. The van der Waals surface area contributed by atoms with E-state index in [1.807, 2.05) is 4.57 Å². The summed E-state index contributed by atoms with van der Waals surface area (Å²) in [7, 11) is 1.22. The predicted octanol–water partition coefficient (Wildman–Crippen LogP) is 1.99. The van der Waals surface area contributed by atoms with Crippen LogP contribution in [0.15, 0.2) is 36.0 Å². The fourth-order valence-corrected chi connectivity index (χ4v) is 2.69. The van der Waals surface area contributed by atoms with Gasteiger partial charge in [0.2, 0.25) is 0 Å². The first kappa shape index (κ1) is 17.6. The van der Waals surface area contributed by atoms with Crippen LogP contribution in [0.4, 0.5) is 10.1 Å². The summed E-state index contributed by atoms with van der Waals surface area (Å²) < 4.78 is 20.4. The molecule has 0 saturated carbocycles. The summed E-state index contributed by atoms with van der Waals surface area (Å²) in [6.07, 6.45) is 6.09. The summed E-state index contributed by atoms with van der Waals surface area (Å²) in [5, 5.41) is 6.69. The van der Waals surface area contributed by atoms with E-state index in [1.165, 1.54) is 20.1 Å². The van der Waals surface area contributed by atoms with Crippen LogP contribution in [0, 0.1) is 12.7 Å². The fourth-order valence-electron chi connectivity index (χ4n) is 2.69. The highest BCUT2D eigenvalue weighted by Crippen LogP contribution is 2.25. The molecule has 1 unspecified atom stereocenters. The zero-order valence-corrected chi connectivity index (χ0v) is 14.3. The van der Waals surface area contributed by atoms with Gasteiger partial charge in [0.1, 0.15) is 17.7 Å². The van der Waals surface area contributed by atoms with Gasteiger partial charge in [-0.05, 0) is 25.5 Å². The molecule has 2 N–H and O–H groups in total. The normalized spacial score (nSPS) is 16.4. The molecule has 0 fully saturated rings. The molecule has 2 heterocycles. The molecule has 3 rings (SSSR count). The minimum Gasteiger partial charge on any atom is -0.465 e. The van der Waals surface area contributed by atoms with Crippen LogP contribution in [0.5, 0.6) is 0 Å². The topological polar surface area (TPSA) is 97.6 Å². The van der Waals surface area contributed by atoms with Crippen LogP contribution in [-0.2, 0) is 9.53 Å². The third kappa shape index (κ3) is 3.41. The third-order valence-electron chi connectivity index (χ3n) is 4.19. The number of nitrogens with one attached hydrogen (secondary N) is 2. The van der Waals surface area contributed by atoms with E-state index in [2.05, 4.69) is 20.8 Å². The van der Waals surface area contributed by atoms with Crippen molar-refractivity contribution in [2.45, 2.75) is 25.9 Å². The van der Waals surface area contributed by atoms with E-state index in [4.69, 9.17) is 4.74 Å². The zero-order valence-electron chi connectivity index (χ0n) is 14.3. The number of benzene rings is 1. The van der Waals surface area contributed by atoms with Crippen LogP contribution < -0.4 is 10.7 Å². The molecule has 2 aromatic rings. The number of carbonyl (C=O) groups excluding carboxylic acids is 2. The second-order valence-corrected chi connectivity index (χ2v) is 5.79. The quantitative estimate of drug-likeness (QED) is 0.814. The number of halogens is 1. The van der Waals surface area contributed by atoms with Gasteiger partial charge in [-0.25, -0.2) is 14.2 Å². The van der Waals surface area contributed by atoms with Gasteiger partial charge < -0.3 is 14.6 Å². The van der Waals surface area contributed by atoms with Crippen LogP contribution in [0.3, 0.4) is 0 Å². The molecule has 8 nitrogen and oxygen atoms in total. The molecule has 0 bridgehead atoms. The van der Waals surface area contributed by atoms with Crippen LogP contribution in [0.25, 0.3) is 0 Å². The van der Waals surface area contributed by atoms with Gasteiger partial charge in [0.15, 0.2) is 0 Å². The lowest BCUT2D eigenvalue weighted by molar-refractivity contribution is -0.110. The van der Waals surface area contributed by atoms with Crippen LogP contribution in [0.1, 0.15) is 34.9 Å². The largest absolute Gasteiger partial charge is 0.465 e. The zero-order chi connectivity index (χ0) is 18.7. The number of nitrogens with zero attached hydrogens (tertiary/aromatic N) is 3. The van der Waals surface area contributed by atoms with E-state index in [9.17, 15) is 14.0 Å². The average molecular weight is 359 g/mol. The first-order valence-corrected chi connectivity index (χ1v) is 7.99. The van der Waals surface area contributed by atoms with Crippen molar-refractivity contribution in [3.8, 4) is 0 Å². The molecular weight excluding hydrogens is 341 g/mol. The number of amides is 1. The molecule has 1 aromatic heterocycles. The number of hydrogen-bond acceptors (Lipinski definition) is 6. The van der Waals surface area contributed by atoms with Gasteiger partial charge in [-0.15, -0.1) is 0 Å². The first-order valence-electron chi connectivity index (χ1n) is 7.99. The Morgan fingerprint density at radius 2 is 2.23 bits per heavy atom. The Balaban J connectivity index is 1.78. The van der Waals surface area contributed by atoms with E-state index < -0.39 is 17.7 Å². The molecule has 1 aliphatic heterocycles. The minimum absolute atomic E-state index is 0.0837. The minimum atomic E-state index is -0.660. The fraction of sp³-hybridized carbons (Fsp3) is 0.294. The highest BCUT2D eigenvalue weighted by molar-refractivity contribution is 6.43. The second kappa shape index (κ2) is 7.34. The SMILES string of the molecule is COC(=O)c1ccc(F)c(C)c1NC(=O)C1=NNC(n2ccnc2)CC1. The Labute approximate surface area is 149 Å². The number of aromatic nitrogens is 2. The number of esters is 1. The van der Waals surface area contributed by atoms with Gasteiger partial charge in [-0.3, -0.25) is 10.2 Å². The monoisotopic (exact) mass is 359 g/mol. The number of carbonyl (C=O) groups is 2. The van der Waals surface area contributed by atoms with E-state index in [-0.39, 0.29) is 28.7 Å². The van der Waals surface area contributed by atoms with Gasteiger partial charge in [0.25, 0.3) is 5.91 Å². The van der Waals surface area contributed by atoms with Gasteiger partial charge in [0, 0.05) is 24.4 Å². The maximum Gasteiger partial charge on any atom is 0.339 e. The maximum atomic E-state index is 13.9. The number of hydrazone groups is 1. The van der Waals surface area contributed by atoms with Crippen LogP contribution in [0.2, 0.25) is 0 Å². The summed E-state index contributed by atoms with van der Waals surface area (Å²) in [5.74, 6) is -1.69. The lowest BCUT2D eigenvalue weighted by Crippen LogP contribution is -2.34. The first-order chi connectivity index (χ1) is 12.5. The van der Waals surface area contributed by atoms with Gasteiger partial charge in [0.05, 0.1) is 24.7 Å². The Morgan fingerprint density at radius 1 is 1.42 bits per heavy atom. The molecule has 0 spiro atoms. The third-order valence-corrected chi connectivity index (χ3v) is 4.19. The van der Waals surface area contributed by atoms with Gasteiger partial charge >= 0.3 is 5.97 Å². The summed E-state index contributed by atoms with van der Waals surface area (Å²) >= 11 is 0. The predicted molar refractivity (Wildman–Crippen MR) is 92.2 cm³/mol. The molecule has 136 valence electrons. The Hall–Kier alpha value is -3.23. The molecule has 26 heavy (non-hydrogen) atoms. The Kier molecular flexibility index (Phi) is 4.97. The van der Waals surface area contributed by atoms with E-state index in [0.717, 1.165) is 6.07 Å². The number of rotatable bonds is 4. The maximum absolute atomic E-state index is 13.9. The summed E-state index contributed by atoms with van der Waals surface area (Å²) in [6.45, 7) is 1.48. The number of ether oxygens (including phenoxy) is 1. The standard InChI is InChI=1S/C17H18FN5O3/c1-10-12(18)4-3-11(17(25)26-2)15(10)20-16(24)13-5-6-14(22-21-13)23-8-7-19-9-23/h3-4,7-9,14,22H,5-6H2,1-2H3,(H,20,24). The van der Waals surface area contributed by atoms with Crippen molar-refractivity contribution in [3.63, 3.8) is 0 Å². The lowest BCUT2D eigenvalue weighted by atomic mass is 10.1. The molecular formula is C17H18FN5O3. The molecule has 1 aromatic carbocycles.